The van der Waals surface area contributed by atoms with Crippen molar-refractivity contribution in [3.05, 3.63) is 45.8 Å². The zero-order valence-electron chi connectivity index (χ0n) is 10.9. The second kappa shape index (κ2) is 5.98. The van der Waals surface area contributed by atoms with E-state index in [-0.39, 0.29) is 0 Å². The molecule has 0 radical (unpaired) electrons. The number of hydrogen-bond acceptors (Lipinski definition) is 4. The van der Waals surface area contributed by atoms with Crippen molar-refractivity contribution in [1.29, 1.82) is 0 Å². The molecule has 0 saturated heterocycles. The van der Waals surface area contributed by atoms with Crippen LogP contribution in [0.4, 0.5) is 0 Å². The summed E-state index contributed by atoms with van der Waals surface area (Å²) < 4.78 is 5.04. The fraction of sp³-hybridized carbons (Fsp3) is 0.357. The number of nitrogens with zero attached hydrogens (tertiary/aromatic N) is 1. The SMILES string of the molecule is COc1ccc(CNC(C)c2ccc(C)s2)cn1. The molecule has 0 bridgehead atoms. The average Bonchev–Trinajstić information content (AvgIpc) is 2.83. The summed E-state index contributed by atoms with van der Waals surface area (Å²) in [5.74, 6) is 0.653. The number of hydrogen-bond donors (Lipinski definition) is 1. The Morgan fingerprint density at radius 2 is 2.17 bits per heavy atom. The van der Waals surface area contributed by atoms with Crippen LogP contribution in [0.2, 0.25) is 0 Å². The number of pyridine rings is 1. The van der Waals surface area contributed by atoms with Gasteiger partial charge in [-0.25, -0.2) is 4.98 Å². The summed E-state index contributed by atoms with van der Waals surface area (Å²) in [4.78, 5) is 6.91. The predicted octanol–water partition coefficient (Wildman–Crippen LogP) is 3.31. The third-order valence-electron chi connectivity index (χ3n) is 2.81. The number of rotatable bonds is 5. The first-order valence-electron chi connectivity index (χ1n) is 5.97. The highest BCUT2D eigenvalue weighted by Crippen LogP contribution is 2.22. The Hall–Kier alpha value is -1.39. The number of ether oxygens (including phenoxy) is 1. The molecule has 2 rings (SSSR count). The highest BCUT2D eigenvalue weighted by Gasteiger charge is 2.07. The van der Waals surface area contributed by atoms with E-state index < -0.39 is 0 Å². The molecule has 0 aliphatic rings. The van der Waals surface area contributed by atoms with Gasteiger partial charge >= 0.3 is 0 Å². The van der Waals surface area contributed by atoms with Crippen molar-refractivity contribution in [1.82, 2.24) is 10.3 Å². The molecule has 0 amide bonds. The van der Waals surface area contributed by atoms with Crippen LogP contribution < -0.4 is 10.1 Å². The Kier molecular flexibility index (Phi) is 4.33. The van der Waals surface area contributed by atoms with Crippen LogP contribution >= 0.6 is 11.3 Å². The summed E-state index contributed by atoms with van der Waals surface area (Å²) in [7, 11) is 1.63. The second-order valence-corrected chi connectivity index (χ2v) is 5.58. The van der Waals surface area contributed by atoms with E-state index in [1.54, 1.807) is 7.11 Å². The van der Waals surface area contributed by atoms with Crippen molar-refractivity contribution in [3.8, 4) is 5.88 Å². The van der Waals surface area contributed by atoms with Crippen molar-refractivity contribution in [2.24, 2.45) is 0 Å². The summed E-state index contributed by atoms with van der Waals surface area (Å²) >= 11 is 1.84. The zero-order valence-corrected chi connectivity index (χ0v) is 11.8. The maximum atomic E-state index is 5.04. The molecule has 2 aromatic rings. The van der Waals surface area contributed by atoms with Gasteiger partial charge in [0.05, 0.1) is 7.11 Å². The molecular weight excluding hydrogens is 244 g/mol. The van der Waals surface area contributed by atoms with E-state index in [9.17, 15) is 0 Å². The smallest absolute Gasteiger partial charge is 0.212 e. The summed E-state index contributed by atoms with van der Waals surface area (Å²) in [6.07, 6.45) is 1.85. The first-order chi connectivity index (χ1) is 8.69. The fourth-order valence-corrected chi connectivity index (χ4v) is 2.60. The van der Waals surface area contributed by atoms with Crippen molar-refractivity contribution in [2.45, 2.75) is 26.4 Å². The van der Waals surface area contributed by atoms with Crippen molar-refractivity contribution in [2.75, 3.05) is 7.11 Å². The molecule has 0 aromatic carbocycles. The molecule has 1 N–H and O–H groups in total. The molecule has 1 atom stereocenters. The molecule has 1 unspecified atom stereocenters. The van der Waals surface area contributed by atoms with Gasteiger partial charge in [-0.2, -0.15) is 0 Å². The van der Waals surface area contributed by atoms with E-state index in [1.807, 2.05) is 29.7 Å². The lowest BCUT2D eigenvalue weighted by molar-refractivity contribution is 0.397. The van der Waals surface area contributed by atoms with E-state index in [4.69, 9.17) is 4.74 Å². The maximum Gasteiger partial charge on any atom is 0.212 e. The van der Waals surface area contributed by atoms with Crippen LogP contribution in [0.25, 0.3) is 0 Å². The van der Waals surface area contributed by atoms with Gasteiger partial charge < -0.3 is 10.1 Å². The monoisotopic (exact) mass is 262 g/mol. The number of aryl methyl sites for hydroxylation is 1. The van der Waals surface area contributed by atoms with Gasteiger partial charge in [0.2, 0.25) is 5.88 Å². The average molecular weight is 262 g/mol. The fourth-order valence-electron chi connectivity index (χ4n) is 1.69. The Balaban J connectivity index is 1.90. The quantitative estimate of drug-likeness (QED) is 0.897. The minimum Gasteiger partial charge on any atom is -0.481 e. The summed E-state index contributed by atoms with van der Waals surface area (Å²) in [5, 5.41) is 3.50. The van der Waals surface area contributed by atoms with E-state index >= 15 is 0 Å². The largest absolute Gasteiger partial charge is 0.481 e. The van der Waals surface area contributed by atoms with Gasteiger partial charge in [0.1, 0.15) is 0 Å². The van der Waals surface area contributed by atoms with E-state index in [2.05, 4.69) is 36.3 Å². The molecule has 0 saturated carbocycles. The molecule has 0 spiro atoms. The molecule has 3 nitrogen and oxygen atoms in total. The Labute approximate surface area is 112 Å². The Morgan fingerprint density at radius 3 is 2.72 bits per heavy atom. The minimum absolute atomic E-state index is 0.366. The lowest BCUT2D eigenvalue weighted by Crippen LogP contribution is -2.17. The molecule has 0 fully saturated rings. The van der Waals surface area contributed by atoms with Crippen LogP contribution in [0, 0.1) is 6.92 Å². The molecule has 0 aliphatic heterocycles. The van der Waals surface area contributed by atoms with Crippen molar-refractivity contribution < 1.29 is 4.74 Å². The van der Waals surface area contributed by atoms with Gasteiger partial charge in [0.25, 0.3) is 0 Å². The van der Waals surface area contributed by atoms with Gasteiger partial charge in [-0.3, -0.25) is 0 Å². The van der Waals surface area contributed by atoms with Gasteiger partial charge in [-0.05, 0) is 31.5 Å². The van der Waals surface area contributed by atoms with Gasteiger partial charge in [0.15, 0.2) is 0 Å². The molecule has 2 heterocycles. The van der Waals surface area contributed by atoms with Gasteiger partial charge in [-0.15, -0.1) is 11.3 Å². The molecule has 4 heteroatoms. The van der Waals surface area contributed by atoms with E-state index in [0.29, 0.717) is 11.9 Å². The maximum absolute atomic E-state index is 5.04. The number of thiophene rings is 1. The van der Waals surface area contributed by atoms with Crippen molar-refractivity contribution >= 4 is 11.3 Å². The minimum atomic E-state index is 0.366. The lowest BCUT2D eigenvalue weighted by Gasteiger charge is -2.12. The van der Waals surface area contributed by atoms with Crippen LogP contribution in [-0.2, 0) is 6.54 Å². The second-order valence-electron chi connectivity index (χ2n) is 4.26. The first-order valence-corrected chi connectivity index (χ1v) is 6.79. The standard InChI is InChI=1S/C14H18N2OS/c1-10-4-6-13(18-10)11(2)15-8-12-5-7-14(17-3)16-9-12/h4-7,9,11,15H,8H2,1-3H3. The topological polar surface area (TPSA) is 34.1 Å². The van der Waals surface area contributed by atoms with Gasteiger partial charge in [0, 0.05) is 34.6 Å². The molecule has 0 aliphatic carbocycles. The molecule has 2 aromatic heterocycles. The first kappa shape index (κ1) is 13.1. The lowest BCUT2D eigenvalue weighted by atomic mass is 10.2. The number of nitrogens with one attached hydrogen (secondary N) is 1. The highest BCUT2D eigenvalue weighted by molar-refractivity contribution is 7.12. The normalized spacial score (nSPS) is 12.4. The van der Waals surface area contributed by atoms with Crippen LogP contribution in [0.5, 0.6) is 5.88 Å². The third kappa shape index (κ3) is 3.31. The van der Waals surface area contributed by atoms with E-state index in [1.165, 1.54) is 9.75 Å². The van der Waals surface area contributed by atoms with Crippen LogP contribution in [-0.4, -0.2) is 12.1 Å². The number of methoxy groups -OCH3 is 1. The third-order valence-corrected chi connectivity index (χ3v) is 3.99. The van der Waals surface area contributed by atoms with Crippen LogP contribution in [0.3, 0.4) is 0 Å². The molecular formula is C14H18N2OS. The zero-order chi connectivity index (χ0) is 13.0. The summed E-state index contributed by atoms with van der Waals surface area (Å²) in [6, 6.07) is 8.63. The Morgan fingerprint density at radius 1 is 1.33 bits per heavy atom. The predicted molar refractivity (Wildman–Crippen MR) is 75.1 cm³/mol. The molecule has 96 valence electrons. The van der Waals surface area contributed by atoms with Crippen LogP contribution in [0.1, 0.15) is 28.3 Å². The van der Waals surface area contributed by atoms with Crippen LogP contribution in [0.15, 0.2) is 30.5 Å². The summed E-state index contributed by atoms with van der Waals surface area (Å²) in [6.45, 7) is 5.13. The number of aromatic nitrogens is 1. The highest BCUT2D eigenvalue weighted by atomic mass is 32.1. The summed E-state index contributed by atoms with van der Waals surface area (Å²) in [5.41, 5.74) is 1.16. The Bertz CT molecular complexity index is 493. The molecule has 18 heavy (non-hydrogen) atoms. The van der Waals surface area contributed by atoms with E-state index in [0.717, 1.165) is 12.1 Å². The van der Waals surface area contributed by atoms with Gasteiger partial charge in [-0.1, -0.05) is 6.07 Å². The van der Waals surface area contributed by atoms with Crippen molar-refractivity contribution in [3.63, 3.8) is 0 Å².